The molecule has 1 amide bonds. The van der Waals surface area contributed by atoms with Crippen molar-refractivity contribution in [3.8, 4) is 5.75 Å². The molecule has 34 heavy (non-hydrogen) atoms. The van der Waals surface area contributed by atoms with Crippen molar-refractivity contribution in [1.29, 1.82) is 0 Å². The first-order valence-corrected chi connectivity index (χ1v) is 11.8. The molecular weight excluding hydrogens is 428 g/mol. The highest BCUT2D eigenvalue weighted by molar-refractivity contribution is 6.46. The smallest absolute Gasteiger partial charge is 0.295 e. The lowest BCUT2D eigenvalue weighted by Gasteiger charge is -2.26. The molecule has 0 aliphatic carbocycles. The molecule has 0 bridgehead atoms. The monoisotopic (exact) mass is 464 g/mol. The van der Waals surface area contributed by atoms with Gasteiger partial charge in [0.2, 0.25) is 0 Å². The summed E-state index contributed by atoms with van der Waals surface area (Å²) >= 11 is 0. The van der Waals surface area contributed by atoms with Crippen LogP contribution in [0.4, 0.5) is 0 Å². The molecule has 1 atom stereocenters. The molecular formula is C28H36N2O4. The third-order valence-electron chi connectivity index (χ3n) is 6.08. The van der Waals surface area contributed by atoms with Gasteiger partial charge in [-0.25, -0.2) is 0 Å². The molecule has 6 nitrogen and oxygen atoms in total. The Balaban J connectivity index is 2.09. The molecule has 1 unspecified atom stereocenters. The molecule has 1 aliphatic heterocycles. The molecule has 0 saturated carbocycles. The molecule has 3 rings (SSSR count). The summed E-state index contributed by atoms with van der Waals surface area (Å²) in [6.07, 6.45) is 0.712. The molecule has 1 saturated heterocycles. The van der Waals surface area contributed by atoms with E-state index < -0.39 is 17.7 Å². The van der Waals surface area contributed by atoms with Crippen LogP contribution in [0.5, 0.6) is 5.75 Å². The lowest BCUT2D eigenvalue weighted by atomic mass is 9.94. The molecule has 1 N–H and O–H groups in total. The number of aliphatic hydroxyl groups excluding tert-OH is 1. The summed E-state index contributed by atoms with van der Waals surface area (Å²) in [7, 11) is 3.95. The van der Waals surface area contributed by atoms with Gasteiger partial charge >= 0.3 is 0 Å². The lowest BCUT2D eigenvalue weighted by Crippen LogP contribution is -2.32. The van der Waals surface area contributed by atoms with Crippen molar-refractivity contribution < 1.29 is 19.4 Å². The Morgan fingerprint density at radius 3 is 2.47 bits per heavy atom. The Morgan fingerprint density at radius 2 is 1.82 bits per heavy atom. The van der Waals surface area contributed by atoms with E-state index in [1.807, 2.05) is 69.2 Å². The highest BCUT2D eigenvalue weighted by atomic mass is 16.5. The molecule has 1 heterocycles. The lowest BCUT2D eigenvalue weighted by molar-refractivity contribution is -0.139. The van der Waals surface area contributed by atoms with Crippen molar-refractivity contribution in [2.75, 3.05) is 33.8 Å². The number of carbonyl (C=O) groups is 2. The maximum Gasteiger partial charge on any atom is 0.295 e. The second-order valence-corrected chi connectivity index (χ2v) is 9.73. The van der Waals surface area contributed by atoms with Gasteiger partial charge in [0, 0.05) is 12.1 Å². The number of rotatable bonds is 9. The minimum Gasteiger partial charge on any atom is -0.507 e. The summed E-state index contributed by atoms with van der Waals surface area (Å²) in [6, 6.07) is 12.4. The van der Waals surface area contributed by atoms with E-state index in [4.69, 9.17) is 4.74 Å². The summed E-state index contributed by atoms with van der Waals surface area (Å²) < 4.78 is 5.90. The largest absolute Gasteiger partial charge is 0.507 e. The van der Waals surface area contributed by atoms with E-state index in [1.165, 1.54) is 0 Å². The highest BCUT2D eigenvalue weighted by Gasteiger charge is 2.45. The fraction of sp³-hybridized carbons (Fsp3) is 0.429. The van der Waals surface area contributed by atoms with Crippen LogP contribution in [0.15, 0.2) is 48.0 Å². The minimum absolute atomic E-state index is 0.124. The van der Waals surface area contributed by atoms with Gasteiger partial charge in [0.25, 0.3) is 11.7 Å². The molecule has 2 aromatic rings. The Labute approximate surface area is 202 Å². The SMILES string of the molecule is Cc1ccc(/C(O)=C2/C(=O)C(=O)N(CCCN(C)C)C2c2cccc(OCC(C)C)c2)cc1C. The third kappa shape index (κ3) is 5.68. The van der Waals surface area contributed by atoms with Gasteiger partial charge in [0.05, 0.1) is 18.2 Å². The van der Waals surface area contributed by atoms with E-state index in [-0.39, 0.29) is 11.3 Å². The molecule has 1 aliphatic rings. The minimum atomic E-state index is -0.675. The number of hydrogen-bond acceptors (Lipinski definition) is 5. The molecule has 2 aromatic carbocycles. The van der Waals surface area contributed by atoms with Crippen LogP contribution in [0.2, 0.25) is 0 Å². The van der Waals surface area contributed by atoms with Gasteiger partial charge in [0.15, 0.2) is 0 Å². The van der Waals surface area contributed by atoms with Gasteiger partial charge in [-0.2, -0.15) is 0 Å². The normalized spacial score (nSPS) is 17.8. The van der Waals surface area contributed by atoms with Crippen molar-refractivity contribution in [1.82, 2.24) is 9.80 Å². The van der Waals surface area contributed by atoms with Crippen molar-refractivity contribution in [3.63, 3.8) is 0 Å². The maximum absolute atomic E-state index is 13.2. The molecule has 182 valence electrons. The number of ketones is 1. The number of benzene rings is 2. The van der Waals surface area contributed by atoms with Crippen LogP contribution in [-0.2, 0) is 9.59 Å². The topological polar surface area (TPSA) is 70.1 Å². The molecule has 0 aromatic heterocycles. The zero-order chi connectivity index (χ0) is 25.0. The second kappa shape index (κ2) is 10.9. The van der Waals surface area contributed by atoms with Crippen LogP contribution in [0.3, 0.4) is 0 Å². The summed E-state index contributed by atoms with van der Waals surface area (Å²) in [5, 5.41) is 11.3. The first-order valence-electron chi connectivity index (χ1n) is 11.8. The predicted molar refractivity (Wildman–Crippen MR) is 135 cm³/mol. The fourth-order valence-electron chi connectivity index (χ4n) is 4.10. The molecule has 1 fully saturated rings. The second-order valence-electron chi connectivity index (χ2n) is 9.73. The highest BCUT2D eigenvalue weighted by Crippen LogP contribution is 2.40. The number of nitrogens with zero attached hydrogens (tertiary/aromatic N) is 2. The maximum atomic E-state index is 13.2. The Morgan fingerprint density at radius 1 is 1.09 bits per heavy atom. The van der Waals surface area contributed by atoms with Crippen LogP contribution >= 0.6 is 0 Å². The Hall–Kier alpha value is -3.12. The molecule has 0 radical (unpaired) electrons. The number of carbonyl (C=O) groups excluding carboxylic acids is 2. The van der Waals surface area contributed by atoms with Crippen molar-refractivity contribution in [2.45, 2.75) is 40.2 Å². The first-order chi connectivity index (χ1) is 16.1. The van der Waals surface area contributed by atoms with Gasteiger partial charge < -0.3 is 19.6 Å². The Kier molecular flexibility index (Phi) is 8.15. The quantitative estimate of drug-likeness (QED) is 0.331. The van der Waals surface area contributed by atoms with Crippen molar-refractivity contribution >= 4 is 17.4 Å². The fourth-order valence-corrected chi connectivity index (χ4v) is 4.10. The number of aryl methyl sites for hydroxylation is 2. The molecule has 0 spiro atoms. The van der Waals surface area contributed by atoms with Gasteiger partial charge in [-0.3, -0.25) is 9.59 Å². The van der Waals surface area contributed by atoms with E-state index in [2.05, 4.69) is 13.8 Å². The number of likely N-dealkylation sites (tertiary alicyclic amines) is 1. The summed E-state index contributed by atoms with van der Waals surface area (Å²) in [6.45, 7) is 9.86. The van der Waals surface area contributed by atoms with E-state index in [1.54, 1.807) is 11.0 Å². The summed E-state index contributed by atoms with van der Waals surface area (Å²) in [5.41, 5.74) is 3.50. The van der Waals surface area contributed by atoms with Crippen molar-refractivity contribution in [3.05, 3.63) is 70.3 Å². The van der Waals surface area contributed by atoms with Gasteiger partial charge in [-0.05, 0) is 81.7 Å². The molecule has 6 heteroatoms. The third-order valence-corrected chi connectivity index (χ3v) is 6.08. The van der Waals surface area contributed by atoms with E-state index in [9.17, 15) is 14.7 Å². The van der Waals surface area contributed by atoms with Crippen molar-refractivity contribution in [2.24, 2.45) is 5.92 Å². The Bertz CT molecular complexity index is 1090. The average Bonchev–Trinajstić information content (AvgIpc) is 3.04. The number of aliphatic hydroxyl groups is 1. The van der Waals surface area contributed by atoms with Crippen LogP contribution in [0.1, 0.15) is 48.6 Å². The average molecular weight is 465 g/mol. The zero-order valence-electron chi connectivity index (χ0n) is 21.1. The van der Waals surface area contributed by atoms with Gasteiger partial charge in [-0.15, -0.1) is 0 Å². The number of ether oxygens (including phenoxy) is 1. The van der Waals surface area contributed by atoms with Gasteiger partial charge in [-0.1, -0.05) is 38.1 Å². The van der Waals surface area contributed by atoms with Crippen LogP contribution in [-0.4, -0.2) is 60.4 Å². The van der Waals surface area contributed by atoms with Crippen LogP contribution < -0.4 is 4.74 Å². The predicted octanol–water partition coefficient (Wildman–Crippen LogP) is 4.71. The van der Waals surface area contributed by atoms with E-state index >= 15 is 0 Å². The standard InChI is InChI=1S/C28H36N2O4/c1-18(2)17-34-23-10-7-9-21(16-23)25-24(26(31)22-12-11-19(3)20(4)15-22)27(32)28(33)30(25)14-8-13-29(5)6/h7,9-12,15-16,18,25,31H,8,13-14,17H2,1-6H3/b26-24-. The zero-order valence-corrected chi connectivity index (χ0v) is 21.1. The van der Waals surface area contributed by atoms with E-state index in [0.717, 1.165) is 23.2 Å². The van der Waals surface area contributed by atoms with Gasteiger partial charge in [0.1, 0.15) is 11.5 Å². The first kappa shape index (κ1) is 25.5. The number of hydrogen-bond donors (Lipinski definition) is 1. The summed E-state index contributed by atoms with van der Waals surface area (Å²) in [5.74, 6) is -0.335. The summed E-state index contributed by atoms with van der Waals surface area (Å²) in [4.78, 5) is 30.0. The number of Topliss-reactive ketones (excluding diaryl/α,β-unsaturated/α-hetero) is 1. The van der Waals surface area contributed by atoms with Crippen LogP contribution in [0.25, 0.3) is 5.76 Å². The van der Waals surface area contributed by atoms with Crippen LogP contribution in [0, 0.1) is 19.8 Å². The number of amides is 1. The van der Waals surface area contributed by atoms with E-state index in [0.29, 0.717) is 36.8 Å².